The molecule has 0 aromatic heterocycles. The molecule has 0 radical (unpaired) electrons. The molecule has 96 valence electrons. The predicted molar refractivity (Wildman–Crippen MR) is 69.4 cm³/mol. The van der Waals surface area contributed by atoms with Crippen molar-refractivity contribution in [2.24, 2.45) is 17.6 Å². The molecule has 0 aliphatic heterocycles. The van der Waals surface area contributed by atoms with Gasteiger partial charge in [0.05, 0.1) is 6.10 Å². The summed E-state index contributed by atoms with van der Waals surface area (Å²) in [5, 5.41) is 0. The lowest BCUT2D eigenvalue weighted by atomic mass is 9.77. The van der Waals surface area contributed by atoms with Crippen LogP contribution in [0.15, 0.2) is 0 Å². The standard InChI is InChI=1S/C14H29NO/c1-4-6-11(3)7-13(15)8-12-9-14(10-12)16-5-2/h11-14H,4-10,15H2,1-3H3. The van der Waals surface area contributed by atoms with E-state index in [1.54, 1.807) is 0 Å². The molecule has 0 saturated heterocycles. The Morgan fingerprint density at radius 3 is 2.56 bits per heavy atom. The maximum absolute atomic E-state index is 6.19. The molecule has 1 saturated carbocycles. The van der Waals surface area contributed by atoms with E-state index in [2.05, 4.69) is 20.8 Å². The van der Waals surface area contributed by atoms with Crippen molar-refractivity contribution in [2.45, 2.75) is 71.4 Å². The van der Waals surface area contributed by atoms with Crippen molar-refractivity contribution in [2.75, 3.05) is 6.61 Å². The van der Waals surface area contributed by atoms with Crippen molar-refractivity contribution in [3.05, 3.63) is 0 Å². The summed E-state index contributed by atoms with van der Waals surface area (Å²) < 4.78 is 5.57. The third-order valence-electron chi connectivity index (χ3n) is 3.72. The van der Waals surface area contributed by atoms with Crippen LogP contribution in [0, 0.1) is 11.8 Å². The van der Waals surface area contributed by atoms with Gasteiger partial charge in [-0.3, -0.25) is 0 Å². The zero-order valence-electron chi connectivity index (χ0n) is 11.2. The monoisotopic (exact) mass is 227 g/mol. The summed E-state index contributed by atoms with van der Waals surface area (Å²) in [4.78, 5) is 0. The Kier molecular flexibility index (Phi) is 6.37. The lowest BCUT2D eigenvalue weighted by Gasteiger charge is -2.36. The maximum atomic E-state index is 6.19. The van der Waals surface area contributed by atoms with E-state index in [9.17, 15) is 0 Å². The van der Waals surface area contributed by atoms with Crippen molar-refractivity contribution >= 4 is 0 Å². The number of rotatable bonds is 8. The smallest absolute Gasteiger partial charge is 0.0580 e. The summed E-state index contributed by atoms with van der Waals surface area (Å²) >= 11 is 0. The molecule has 0 aromatic carbocycles. The van der Waals surface area contributed by atoms with E-state index in [-0.39, 0.29) is 0 Å². The minimum absolute atomic E-state index is 0.411. The van der Waals surface area contributed by atoms with Gasteiger partial charge in [0, 0.05) is 12.6 Å². The van der Waals surface area contributed by atoms with Crippen LogP contribution in [-0.4, -0.2) is 18.8 Å². The summed E-state index contributed by atoms with van der Waals surface area (Å²) in [6, 6.07) is 0.411. The first-order chi connectivity index (χ1) is 7.65. The number of nitrogens with two attached hydrogens (primary N) is 1. The van der Waals surface area contributed by atoms with Crippen molar-refractivity contribution in [1.82, 2.24) is 0 Å². The molecule has 1 rings (SSSR count). The Hall–Kier alpha value is -0.0800. The van der Waals surface area contributed by atoms with Gasteiger partial charge in [-0.05, 0) is 44.4 Å². The Balaban J connectivity index is 2.05. The molecule has 1 fully saturated rings. The van der Waals surface area contributed by atoms with E-state index < -0.39 is 0 Å². The molecule has 0 heterocycles. The van der Waals surface area contributed by atoms with Gasteiger partial charge in [0.25, 0.3) is 0 Å². The molecule has 0 aromatic rings. The van der Waals surface area contributed by atoms with Crippen molar-refractivity contribution in [3.63, 3.8) is 0 Å². The van der Waals surface area contributed by atoms with Gasteiger partial charge in [0.2, 0.25) is 0 Å². The van der Waals surface area contributed by atoms with Crippen LogP contribution in [0.5, 0.6) is 0 Å². The van der Waals surface area contributed by atoms with Crippen LogP contribution < -0.4 is 5.73 Å². The number of hydrogen-bond acceptors (Lipinski definition) is 2. The highest BCUT2D eigenvalue weighted by molar-refractivity contribution is 4.83. The molecule has 0 spiro atoms. The summed E-state index contributed by atoms with van der Waals surface area (Å²) in [6.45, 7) is 7.51. The van der Waals surface area contributed by atoms with Gasteiger partial charge in [-0.25, -0.2) is 0 Å². The highest BCUT2D eigenvalue weighted by atomic mass is 16.5. The second kappa shape index (κ2) is 7.29. The van der Waals surface area contributed by atoms with E-state index in [1.807, 2.05) is 0 Å². The van der Waals surface area contributed by atoms with Gasteiger partial charge in [-0.15, -0.1) is 0 Å². The SMILES string of the molecule is CCCC(C)CC(N)CC1CC(OCC)C1. The Bertz CT molecular complexity index is 178. The van der Waals surface area contributed by atoms with Gasteiger partial charge in [-0.2, -0.15) is 0 Å². The van der Waals surface area contributed by atoms with E-state index in [0.29, 0.717) is 12.1 Å². The highest BCUT2D eigenvalue weighted by Gasteiger charge is 2.30. The summed E-state index contributed by atoms with van der Waals surface area (Å²) in [5.41, 5.74) is 6.19. The normalized spacial score (nSPS) is 28.5. The fourth-order valence-electron chi connectivity index (χ4n) is 2.89. The first-order valence-corrected chi connectivity index (χ1v) is 7.02. The summed E-state index contributed by atoms with van der Waals surface area (Å²) in [6.07, 6.45) is 8.02. The summed E-state index contributed by atoms with van der Waals surface area (Å²) in [5.74, 6) is 1.63. The average Bonchev–Trinajstić information content (AvgIpc) is 2.14. The first kappa shape index (κ1) is 14.0. The fraction of sp³-hybridized carbons (Fsp3) is 1.00. The fourth-order valence-corrected chi connectivity index (χ4v) is 2.89. The van der Waals surface area contributed by atoms with Crippen molar-refractivity contribution < 1.29 is 4.74 Å². The van der Waals surface area contributed by atoms with E-state index in [1.165, 1.54) is 38.5 Å². The van der Waals surface area contributed by atoms with E-state index in [4.69, 9.17) is 10.5 Å². The number of hydrogen-bond donors (Lipinski definition) is 1. The lowest BCUT2D eigenvalue weighted by Crippen LogP contribution is -2.36. The molecular weight excluding hydrogens is 198 g/mol. The van der Waals surface area contributed by atoms with Gasteiger partial charge < -0.3 is 10.5 Å². The predicted octanol–water partition coefficient (Wildman–Crippen LogP) is 3.35. The molecular formula is C14H29NO. The van der Waals surface area contributed by atoms with Crippen LogP contribution >= 0.6 is 0 Å². The maximum Gasteiger partial charge on any atom is 0.0580 e. The van der Waals surface area contributed by atoms with Gasteiger partial charge in [0.1, 0.15) is 0 Å². The zero-order valence-corrected chi connectivity index (χ0v) is 11.2. The van der Waals surface area contributed by atoms with Gasteiger partial charge >= 0.3 is 0 Å². The van der Waals surface area contributed by atoms with Gasteiger partial charge in [0.15, 0.2) is 0 Å². The highest BCUT2D eigenvalue weighted by Crippen LogP contribution is 2.34. The molecule has 2 heteroatoms. The van der Waals surface area contributed by atoms with Crippen LogP contribution in [0.1, 0.15) is 59.3 Å². The molecule has 0 bridgehead atoms. The Morgan fingerprint density at radius 1 is 1.31 bits per heavy atom. The third-order valence-corrected chi connectivity index (χ3v) is 3.72. The molecule has 2 unspecified atom stereocenters. The van der Waals surface area contributed by atoms with Crippen molar-refractivity contribution in [1.29, 1.82) is 0 Å². The third kappa shape index (κ3) is 4.84. The molecule has 1 aliphatic rings. The molecule has 2 atom stereocenters. The molecule has 2 N–H and O–H groups in total. The van der Waals surface area contributed by atoms with Crippen LogP contribution in [0.4, 0.5) is 0 Å². The Morgan fingerprint density at radius 2 is 2.00 bits per heavy atom. The van der Waals surface area contributed by atoms with E-state index >= 15 is 0 Å². The second-order valence-corrected chi connectivity index (χ2v) is 5.54. The largest absolute Gasteiger partial charge is 0.378 e. The lowest BCUT2D eigenvalue weighted by molar-refractivity contribution is -0.0285. The quantitative estimate of drug-likeness (QED) is 0.690. The minimum atomic E-state index is 0.411. The average molecular weight is 227 g/mol. The van der Waals surface area contributed by atoms with Gasteiger partial charge in [-0.1, -0.05) is 26.7 Å². The molecule has 2 nitrogen and oxygen atoms in total. The Labute approximate surface area is 101 Å². The topological polar surface area (TPSA) is 35.2 Å². The van der Waals surface area contributed by atoms with Crippen LogP contribution in [0.2, 0.25) is 0 Å². The number of ether oxygens (including phenoxy) is 1. The van der Waals surface area contributed by atoms with Crippen LogP contribution in [0.25, 0.3) is 0 Å². The molecule has 16 heavy (non-hydrogen) atoms. The van der Waals surface area contributed by atoms with E-state index in [0.717, 1.165) is 18.4 Å². The second-order valence-electron chi connectivity index (χ2n) is 5.54. The van der Waals surface area contributed by atoms with Crippen molar-refractivity contribution in [3.8, 4) is 0 Å². The minimum Gasteiger partial charge on any atom is -0.378 e. The first-order valence-electron chi connectivity index (χ1n) is 7.02. The van der Waals surface area contributed by atoms with Crippen LogP contribution in [-0.2, 0) is 4.74 Å². The summed E-state index contributed by atoms with van der Waals surface area (Å²) in [7, 11) is 0. The zero-order chi connectivity index (χ0) is 12.0. The molecule has 1 aliphatic carbocycles. The molecule has 0 amide bonds. The van der Waals surface area contributed by atoms with Crippen LogP contribution in [0.3, 0.4) is 0 Å².